The minimum absolute atomic E-state index is 0.0000869. The maximum Gasteiger partial charge on any atom is 0.319 e. The molecule has 3 aromatic heterocycles. The average molecular weight is 510 g/mol. The first-order chi connectivity index (χ1) is 18.0. The lowest BCUT2D eigenvalue weighted by atomic mass is 9.89. The topological polar surface area (TPSA) is 122 Å². The van der Waals surface area contributed by atoms with Crippen LogP contribution in [0.4, 0.5) is 10.2 Å². The van der Waals surface area contributed by atoms with Gasteiger partial charge < -0.3 is 30.0 Å². The van der Waals surface area contributed by atoms with Gasteiger partial charge in [-0.15, -0.1) is 0 Å². The number of aromatic amines is 1. The summed E-state index contributed by atoms with van der Waals surface area (Å²) < 4.78 is 25.9. The molecule has 3 N–H and O–H groups in total. The van der Waals surface area contributed by atoms with Crippen LogP contribution in [0.5, 0.6) is 6.01 Å². The number of fused-ring (bicyclic) bond motifs is 1. The summed E-state index contributed by atoms with van der Waals surface area (Å²) in [5.41, 5.74) is 6.38. The number of carbonyl (C=O) groups excluding carboxylic acids is 1. The summed E-state index contributed by atoms with van der Waals surface area (Å²) in [7, 11) is 0. The van der Waals surface area contributed by atoms with Crippen molar-refractivity contribution in [2.45, 2.75) is 43.4 Å². The molecule has 196 valence electrons. The van der Waals surface area contributed by atoms with Gasteiger partial charge in [0.15, 0.2) is 5.67 Å². The van der Waals surface area contributed by atoms with Crippen molar-refractivity contribution in [3.05, 3.63) is 41.9 Å². The second-order valence-electron chi connectivity index (χ2n) is 10.3. The molecule has 3 saturated heterocycles. The van der Waals surface area contributed by atoms with Gasteiger partial charge in [0.1, 0.15) is 23.8 Å². The fraction of sp³-hybridized carbons (Fsp3) is 0.538. The SMILES string of the molecule is NCC1(F)CN(C(=O)c2cc(N3CCC(c4c[nH]c5ncccc45)CC3)nc(OCC3CCCO3)n2)C1. The van der Waals surface area contributed by atoms with Crippen LogP contribution >= 0.6 is 0 Å². The molecule has 3 aliphatic rings. The Bertz CT molecular complexity index is 1260. The maximum absolute atomic E-state index is 14.4. The van der Waals surface area contributed by atoms with Crippen molar-refractivity contribution < 1.29 is 18.7 Å². The number of rotatable bonds is 7. The van der Waals surface area contributed by atoms with E-state index in [1.54, 1.807) is 12.3 Å². The van der Waals surface area contributed by atoms with Gasteiger partial charge in [-0.3, -0.25) is 4.79 Å². The van der Waals surface area contributed by atoms with Crippen LogP contribution in [0.3, 0.4) is 0 Å². The molecule has 1 atom stereocenters. The maximum atomic E-state index is 14.4. The zero-order valence-corrected chi connectivity index (χ0v) is 20.7. The number of nitrogens with two attached hydrogens (primary N) is 1. The van der Waals surface area contributed by atoms with Crippen LogP contribution < -0.4 is 15.4 Å². The Kier molecular flexibility index (Phi) is 6.41. The van der Waals surface area contributed by atoms with Crippen molar-refractivity contribution in [1.82, 2.24) is 24.8 Å². The lowest BCUT2D eigenvalue weighted by molar-refractivity contribution is -0.0141. The highest BCUT2D eigenvalue weighted by Gasteiger charge is 2.45. The molecule has 0 radical (unpaired) electrons. The predicted molar refractivity (Wildman–Crippen MR) is 136 cm³/mol. The lowest BCUT2D eigenvalue weighted by Crippen LogP contribution is -2.64. The van der Waals surface area contributed by atoms with Crippen molar-refractivity contribution in [2.24, 2.45) is 5.73 Å². The lowest BCUT2D eigenvalue weighted by Gasteiger charge is -2.43. The minimum Gasteiger partial charge on any atom is -0.461 e. The number of nitrogens with one attached hydrogen (secondary N) is 1. The number of anilines is 1. The molecule has 3 aromatic rings. The zero-order valence-electron chi connectivity index (χ0n) is 20.7. The van der Waals surface area contributed by atoms with Crippen LogP contribution in [0.15, 0.2) is 30.6 Å². The third-order valence-corrected chi connectivity index (χ3v) is 7.68. The van der Waals surface area contributed by atoms with E-state index in [0.717, 1.165) is 56.4 Å². The summed E-state index contributed by atoms with van der Waals surface area (Å²) in [4.78, 5) is 33.4. The summed E-state index contributed by atoms with van der Waals surface area (Å²) in [6, 6.07) is 5.91. The third kappa shape index (κ3) is 4.85. The summed E-state index contributed by atoms with van der Waals surface area (Å²) in [5.74, 6) is 0.710. The molecule has 0 aromatic carbocycles. The molecular weight excluding hydrogens is 477 g/mol. The second-order valence-corrected chi connectivity index (χ2v) is 10.3. The highest BCUT2D eigenvalue weighted by molar-refractivity contribution is 5.94. The Morgan fingerprint density at radius 1 is 1.27 bits per heavy atom. The first-order valence-corrected chi connectivity index (χ1v) is 13.0. The second kappa shape index (κ2) is 9.86. The number of nitrogens with zero attached hydrogens (tertiary/aromatic N) is 5. The number of aromatic nitrogens is 4. The molecule has 0 aliphatic carbocycles. The first kappa shape index (κ1) is 24.1. The van der Waals surface area contributed by atoms with Crippen LogP contribution in [-0.2, 0) is 4.74 Å². The van der Waals surface area contributed by atoms with Gasteiger partial charge in [-0.1, -0.05) is 0 Å². The van der Waals surface area contributed by atoms with Crippen LogP contribution in [0.25, 0.3) is 11.0 Å². The molecule has 10 nitrogen and oxygen atoms in total. The number of piperidine rings is 1. The van der Waals surface area contributed by atoms with Gasteiger partial charge in [0.2, 0.25) is 0 Å². The number of halogens is 1. The summed E-state index contributed by atoms with van der Waals surface area (Å²) in [6.07, 6.45) is 7.66. The fourth-order valence-corrected chi connectivity index (χ4v) is 5.50. The monoisotopic (exact) mass is 509 g/mol. The standard InChI is InChI=1S/C26H32FN7O3/c27-26(14-28)15-34(16-26)24(35)21-11-22(32-25(31-21)37-13-18-3-2-10-36-18)33-8-5-17(6-9-33)20-12-30-23-19(20)4-1-7-29-23/h1,4,7,11-12,17-18H,2-3,5-6,8-10,13-16,28H2,(H,29,30). The van der Waals surface area contributed by atoms with E-state index >= 15 is 0 Å². The van der Waals surface area contributed by atoms with E-state index in [-0.39, 0.29) is 43.3 Å². The Labute approximate surface area is 214 Å². The van der Waals surface area contributed by atoms with E-state index in [0.29, 0.717) is 18.3 Å². The van der Waals surface area contributed by atoms with E-state index in [9.17, 15) is 9.18 Å². The summed E-state index contributed by atoms with van der Waals surface area (Å²) in [6.45, 7) is 2.44. The van der Waals surface area contributed by atoms with Crippen molar-refractivity contribution in [1.29, 1.82) is 0 Å². The number of ether oxygens (including phenoxy) is 2. The molecule has 11 heteroatoms. The number of alkyl halides is 1. The molecule has 1 amide bonds. The normalized spacial score (nSPS) is 21.8. The van der Waals surface area contributed by atoms with Gasteiger partial charge in [0, 0.05) is 50.1 Å². The Morgan fingerprint density at radius 3 is 2.86 bits per heavy atom. The highest BCUT2D eigenvalue weighted by atomic mass is 19.1. The third-order valence-electron chi connectivity index (χ3n) is 7.68. The van der Waals surface area contributed by atoms with Crippen molar-refractivity contribution in [3.63, 3.8) is 0 Å². The van der Waals surface area contributed by atoms with E-state index in [1.807, 2.05) is 6.07 Å². The van der Waals surface area contributed by atoms with Crippen molar-refractivity contribution in [3.8, 4) is 6.01 Å². The van der Waals surface area contributed by atoms with Gasteiger partial charge in [-0.2, -0.15) is 9.97 Å². The van der Waals surface area contributed by atoms with Gasteiger partial charge in [0.25, 0.3) is 5.91 Å². The Hall–Kier alpha value is -3.31. The molecule has 37 heavy (non-hydrogen) atoms. The summed E-state index contributed by atoms with van der Waals surface area (Å²) in [5, 5.41) is 1.16. The predicted octanol–water partition coefficient (Wildman–Crippen LogP) is 2.42. The molecule has 3 aliphatic heterocycles. The molecule has 3 fully saturated rings. The van der Waals surface area contributed by atoms with E-state index < -0.39 is 5.67 Å². The van der Waals surface area contributed by atoms with E-state index in [1.165, 1.54) is 10.5 Å². The number of carbonyl (C=O) groups is 1. The molecule has 0 spiro atoms. The molecule has 6 rings (SSSR count). The van der Waals surface area contributed by atoms with Gasteiger partial charge in [-0.25, -0.2) is 9.37 Å². The smallest absolute Gasteiger partial charge is 0.319 e. The Morgan fingerprint density at radius 2 is 2.11 bits per heavy atom. The number of likely N-dealkylation sites (tertiary alicyclic amines) is 1. The van der Waals surface area contributed by atoms with E-state index in [2.05, 4.69) is 37.1 Å². The quantitative estimate of drug-likeness (QED) is 0.498. The van der Waals surface area contributed by atoms with Crippen molar-refractivity contribution in [2.75, 3.05) is 50.8 Å². The first-order valence-electron chi connectivity index (χ1n) is 13.0. The molecule has 0 saturated carbocycles. The molecule has 6 heterocycles. The van der Waals surface area contributed by atoms with Crippen LogP contribution in [0, 0.1) is 0 Å². The van der Waals surface area contributed by atoms with Gasteiger partial charge in [0.05, 0.1) is 19.2 Å². The van der Waals surface area contributed by atoms with Gasteiger partial charge >= 0.3 is 6.01 Å². The molecule has 0 bridgehead atoms. The number of hydrogen-bond donors (Lipinski definition) is 2. The number of hydrogen-bond acceptors (Lipinski definition) is 8. The fourth-order valence-electron chi connectivity index (χ4n) is 5.50. The van der Waals surface area contributed by atoms with Crippen LogP contribution in [-0.4, -0.2) is 88.5 Å². The summed E-state index contributed by atoms with van der Waals surface area (Å²) >= 11 is 0. The van der Waals surface area contributed by atoms with Crippen molar-refractivity contribution >= 4 is 22.8 Å². The highest BCUT2D eigenvalue weighted by Crippen LogP contribution is 2.34. The number of pyridine rings is 1. The zero-order chi connectivity index (χ0) is 25.4. The number of amides is 1. The molecule has 1 unspecified atom stereocenters. The largest absolute Gasteiger partial charge is 0.461 e. The molecular formula is C26H32FN7O3. The average Bonchev–Trinajstić information content (AvgIpc) is 3.60. The van der Waals surface area contributed by atoms with E-state index in [4.69, 9.17) is 15.2 Å². The van der Waals surface area contributed by atoms with Gasteiger partial charge in [-0.05, 0) is 49.3 Å². The minimum atomic E-state index is -1.52. The van der Waals surface area contributed by atoms with Crippen LogP contribution in [0.1, 0.15) is 47.7 Å². The Balaban J connectivity index is 1.19. The van der Waals surface area contributed by atoms with Crippen LogP contribution in [0.2, 0.25) is 0 Å². The number of H-pyrrole nitrogens is 1.